The van der Waals surface area contributed by atoms with Crippen LogP contribution in [-0.4, -0.2) is 6.08 Å². The second kappa shape index (κ2) is 3.57. The largest absolute Gasteiger partial charge is 0.240 e. The fraction of sp³-hybridized carbons (Fsp3) is 0.500. The maximum atomic E-state index is 10.6. The highest BCUT2D eigenvalue weighted by molar-refractivity contribution is 5.66. The van der Waals surface area contributed by atoms with Gasteiger partial charge in [0.15, 0.2) is 0 Å². The van der Waals surface area contributed by atoms with Gasteiger partial charge in [-0.25, -0.2) is 4.79 Å². The van der Waals surface area contributed by atoms with E-state index in [9.17, 15) is 4.79 Å². The zero-order valence-corrected chi connectivity index (χ0v) is 9.55. The van der Waals surface area contributed by atoms with E-state index in [0.717, 1.165) is 24.9 Å². The van der Waals surface area contributed by atoms with Crippen molar-refractivity contribution >= 4 is 11.8 Å². The first-order valence-electron chi connectivity index (χ1n) is 6.06. The molecule has 2 nitrogen and oxygen atoms in total. The number of aryl methyl sites for hydroxylation is 1. The van der Waals surface area contributed by atoms with E-state index in [1.165, 1.54) is 35.1 Å². The van der Waals surface area contributed by atoms with Crippen LogP contribution in [-0.2, 0) is 24.1 Å². The Labute approximate surface area is 95.4 Å². The van der Waals surface area contributed by atoms with Gasteiger partial charge in [-0.3, -0.25) is 0 Å². The molecular weight excluding hydrogens is 198 g/mol. The van der Waals surface area contributed by atoms with Gasteiger partial charge in [-0.05, 0) is 60.3 Å². The molecule has 0 aromatic heterocycles. The fourth-order valence-electron chi connectivity index (χ4n) is 3.19. The summed E-state index contributed by atoms with van der Waals surface area (Å²) in [5.74, 6) is 0.626. The lowest BCUT2D eigenvalue weighted by atomic mass is 9.96. The molecule has 0 bridgehead atoms. The van der Waals surface area contributed by atoms with Crippen LogP contribution in [0.25, 0.3) is 0 Å². The number of fused-ring (bicyclic) bond motifs is 2. The number of nitrogens with zero attached hydrogens (tertiary/aromatic N) is 1. The summed E-state index contributed by atoms with van der Waals surface area (Å²) in [7, 11) is 0. The van der Waals surface area contributed by atoms with Crippen molar-refractivity contribution in [3.63, 3.8) is 0 Å². The maximum absolute atomic E-state index is 10.6. The summed E-state index contributed by atoms with van der Waals surface area (Å²) >= 11 is 0. The van der Waals surface area contributed by atoms with E-state index in [4.69, 9.17) is 0 Å². The summed E-state index contributed by atoms with van der Waals surface area (Å²) in [6.45, 7) is 2.27. The molecule has 82 valence electrons. The monoisotopic (exact) mass is 213 g/mol. The maximum Gasteiger partial charge on any atom is 0.240 e. The Hall–Kier alpha value is -1.40. The Morgan fingerprint density at radius 3 is 3.00 bits per heavy atom. The molecule has 0 N–H and O–H groups in total. The van der Waals surface area contributed by atoms with Crippen LogP contribution in [0, 0.1) is 0 Å². The fourth-order valence-corrected chi connectivity index (χ4v) is 3.19. The minimum atomic E-state index is 0.626. The number of rotatable bonds is 1. The molecule has 0 spiro atoms. The summed E-state index contributed by atoms with van der Waals surface area (Å²) in [6.07, 6.45) is 7.43. The molecule has 1 aromatic carbocycles. The van der Waals surface area contributed by atoms with Crippen molar-refractivity contribution in [2.45, 2.75) is 44.9 Å². The number of carbonyl (C=O) groups excluding carboxylic acids is 1. The van der Waals surface area contributed by atoms with Crippen LogP contribution in [0.3, 0.4) is 0 Å². The van der Waals surface area contributed by atoms with Gasteiger partial charge in [-0.2, -0.15) is 4.99 Å². The third-order valence-electron chi connectivity index (χ3n) is 4.03. The molecule has 2 heteroatoms. The molecule has 2 aliphatic carbocycles. The zero-order valence-electron chi connectivity index (χ0n) is 9.55. The van der Waals surface area contributed by atoms with E-state index in [0.29, 0.717) is 5.92 Å². The van der Waals surface area contributed by atoms with Crippen LogP contribution in [0.4, 0.5) is 5.69 Å². The SMILES string of the molecule is CC1CCc2c1cc1c(c2N=C=O)CCC1. The number of benzene rings is 1. The number of isocyanates is 1. The Balaban J connectivity index is 2.28. The van der Waals surface area contributed by atoms with Crippen LogP contribution >= 0.6 is 0 Å². The lowest BCUT2D eigenvalue weighted by molar-refractivity contribution is 0.565. The minimum absolute atomic E-state index is 0.626. The summed E-state index contributed by atoms with van der Waals surface area (Å²) < 4.78 is 0. The molecule has 1 aromatic rings. The Morgan fingerprint density at radius 1 is 1.31 bits per heavy atom. The highest BCUT2D eigenvalue weighted by atomic mass is 16.1. The molecule has 0 saturated carbocycles. The molecule has 0 amide bonds. The average Bonchev–Trinajstić information content (AvgIpc) is 2.87. The number of aliphatic imine (C=N–C) groups is 1. The van der Waals surface area contributed by atoms with Crippen LogP contribution < -0.4 is 0 Å². The quantitative estimate of drug-likeness (QED) is 0.520. The van der Waals surface area contributed by atoms with Crippen molar-refractivity contribution in [2.75, 3.05) is 0 Å². The molecule has 0 aliphatic heterocycles. The minimum Gasteiger partial charge on any atom is -0.211 e. The Bertz CT molecular complexity index is 498. The molecule has 0 heterocycles. The molecule has 0 saturated heterocycles. The van der Waals surface area contributed by atoms with E-state index in [-0.39, 0.29) is 0 Å². The topological polar surface area (TPSA) is 29.4 Å². The van der Waals surface area contributed by atoms with Crippen LogP contribution in [0.1, 0.15) is 47.9 Å². The number of hydrogen-bond acceptors (Lipinski definition) is 2. The van der Waals surface area contributed by atoms with Crippen molar-refractivity contribution < 1.29 is 4.79 Å². The highest BCUT2D eigenvalue weighted by Crippen LogP contribution is 2.44. The van der Waals surface area contributed by atoms with Gasteiger partial charge in [0.05, 0.1) is 5.69 Å². The normalized spacial score (nSPS) is 21.4. The second-order valence-corrected chi connectivity index (χ2v) is 4.93. The van der Waals surface area contributed by atoms with Gasteiger partial charge in [-0.15, -0.1) is 0 Å². The molecule has 0 radical (unpaired) electrons. The highest BCUT2D eigenvalue weighted by Gasteiger charge is 2.27. The third-order valence-corrected chi connectivity index (χ3v) is 4.03. The summed E-state index contributed by atoms with van der Waals surface area (Å²) in [5, 5.41) is 0. The van der Waals surface area contributed by atoms with Crippen LogP contribution in [0.5, 0.6) is 0 Å². The lowest BCUT2D eigenvalue weighted by Crippen LogP contribution is -1.93. The van der Waals surface area contributed by atoms with Gasteiger partial charge < -0.3 is 0 Å². The Morgan fingerprint density at radius 2 is 2.19 bits per heavy atom. The molecule has 2 aliphatic rings. The van der Waals surface area contributed by atoms with Crippen molar-refractivity contribution in [3.05, 3.63) is 28.3 Å². The van der Waals surface area contributed by atoms with E-state index in [2.05, 4.69) is 18.0 Å². The first-order valence-corrected chi connectivity index (χ1v) is 6.06. The zero-order chi connectivity index (χ0) is 11.1. The predicted octanol–water partition coefficient (Wildman–Crippen LogP) is 3.19. The van der Waals surface area contributed by atoms with E-state index < -0.39 is 0 Å². The standard InChI is InChI=1S/C14H15NO/c1-9-5-6-12-13(9)7-10-3-2-4-11(10)14(12)15-8-16/h7,9H,2-6H2,1H3. The van der Waals surface area contributed by atoms with E-state index in [1.54, 1.807) is 6.08 Å². The van der Waals surface area contributed by atoms with Gasteiger partial charge >= 0.3 is 0 Å². The molecule has 0 fully saturated rings. The summed E-state index contributed by atoms with van der Waals surface area (Å²) in [6, 6.07) is 2.36. The van der Waals surface area contributed by atoms with Crippen LogP contribution in [0.15, 0.2) is 11.1 Å². The predicted molar refractivity (Wildman–Crippen MR) is 63.0 cm³/mol. The lowest BCUT2D eigenvalue weighted by Gasteiger charge is -2.11. The van der Waals surface area contributed by atoms with Gasteiger partial charge in [0.25, 0.3) is 0 Å². The van der Waals surface area contributed by atoms with Gasteiger partial charge in [0.2, 0.25) is 6.08 Å². The summed E-state index contributed by atoms with van der Waals surface area (Å²) in [5.41, 5.74) is 6.44. The van der Waals surface area contributed by atoms with E-state index >= 15 is 0 Å². The van der Waals surface area contributed by atoms with Crippen molar-refractivity contribution in [1.29, 1.82) is 0 Å². The van der Waals surface area contributed by atoms with Gasteiger partial charge in [0, 0.05) is 0 Å². The van der Waals surface area contributed by atoms with Crippen molar-refractivity contribution in [2.24, 2.45) is 4.99 Å². The summed E-state index contributed by atoms with van der Waals surface area (Å²) in [4.78, 5) is 14.5. The first kappa shape index (κ1) is 9.80. The average molecular weight is 213 g/mol. The molecule has 1 atom stereocenters. The van der Waals surface area contributed by atoms with Crippen LogP contribution in [0.2, 0.25) is 0 Å². The molecular formula is C14H15NO. The van der Waals surface area contributed by atoms with Gasteiger partial charge in [0.1, 0.15) is 0 Å². The Kier molecular flexibility index (Phi) is 2.19. The number of hydrogen-bond donors (Lipinski definition) is 0. The second-order valence-electron chi connectivity index (χ2n) is 4.93. The molecule has 1 unspecified atom stereocenters. The van der Waals surface area contributed by atoms with E-state index in [1.807, 2.05) is 0 Å². The molecule has 3 rings (SSSR count). The van der Waals surface area contributed by atoms with Gasteiger partial charge in [-0.1, -0.05) is 13.0 Å². The van der Waals surface area contributed by atoms with Crippen molar-refractivity contribution in [1.82, 2.24) is 0 Å². The molecule has 16 heavy (non-hydrogen) atoms. The smallest absolute Gasteiger partial charge is 0.211 e. The van der Waals surface area contributed by atoms with Crippen molar-refractivity contribution in [3.8, 4) is 0 Å². The third kappa shape index (κ3) is 1.27. The first-order chi connectivity index (χ1) is 7.81.